The Bertz CT molecular complexity index is 912. The third kappa shape index (κ3) is 5.20. The summed E-state index contributed by atoms with van der Waals surface area (Å²) in [5.41, 5.74) is 1.49. The van der Waals surface area contributed by atoms with E-state index in [4.69, 9.17) is 9.47 Å². The highest BCUT2D eigenvalue weighted by Gasteiger charge is 2.18. The summed E-state index contributed by atoms with van der Waals surface area (Å²) in [5, 5.41) is 2.80. The molecule has 30 heavy (non-hydrogen) atoms. The number of anilines is 2. The molecule has 8 heteroatoms. The van der Waals surface area contributed by atoms with Crippen molar-refractivity contribution in [2.45, 2.75) is 19.3 Å². The summed E-state index contributed by atoms with van der Waals surface area (Å²) in [4.78, 5) is 26.4. The Morgan fingerprint density at radius 1 is 1.03 bits per heavy atom. The van der Waals surface area contributed by atoms with Crippen LogP contribution in [-0.4, -0.2) is 45.8 Å². The molecule has 3 rings (SSSR count). The van der Waals surface area contributed by atoms with Crippen LogP contribution >= 0.6 is 0 Å². The first-order valence-electron chi connectivity index (χ1n) is 9.75. The van der Waals surface area contributed by atoms with Gasteiger partial charge in [0.05, 0.1) is 25.6 Å². The third-order valence-corrected chi connectivity index (χ3v) is 4.90. The molecule has 0 radical (unpaired) electrons. The lowest BCUT2D eigenvalue weighted by atomic mass is 10.1. The Morgan fingerprint density at radius 3 is 2.50 bits per heavy atom. The number of ether oxygens (including phenoxy) is 3. The Labute approximate surface area is 174 Å². The molecule has 1 N–H and O–H groups in total. The Kier molecular flexibility index (Phi) is 7.11. The predicted molar refractivity (Wildman–Crippen MR) is 111 cm³/mol. The van der Waals surface area contributed by atoms with Crippen molar-refractivity contribution in [3.8, 4) is 11.5 Å². The number of benzene rings is 2. The molecule has 1 aliphatic rings. The molecule has 1 aliphatic heterocycles. The number of rotatable bonds is 7. The van der Waals surface area contributed by atoms with E-state index in [0.717, 1.165) is 31.6 Å². The van der Waals surface area contributed by atoms with E-state index in [1.807, 2.05) is 0 Å². The monoisotopic (exact) mass is 416 g/mol. The molecule has 1 heterocycles. The maximum absolute atomic E-state index is 13.9. The number of carbonyl (C=O) groups is 2. The van der Waals surface area contributed by atoms with E-state index < -0.39 is 17.7 Å². The Balaban J connectivity index is 1.82. The van der Waals surface area contributed by atoms with Gasteiger partial charge in [-0.2, -0.15) is 0 Å². The molecule has 1 saturated heterocycles. The lowest BCUT2D eigenvalue weighted by Gasteiger charge is -2.30. The average Bonchev–Trinajstić information content (AvgIpc) is 2.77. The van der Waals surface area contributed by atoms with Crippen LogP contribution in [0, 0.1) is 5.82 Å². The number of hydrogen-bond donors (Lipinski definition) is 1. The molecular formula is C22H25FN2O5. The van der Waals surface area contributed by atoms with Gasteiger partial charge in [0.15, 0.2) is 18.1 Å². The fourth-order valence-corrected chi connectivity index (χ4v) is 3.34. The number of halogens is 1. The first kappa shape index (κ1) is 21.4. The van der Waals surface area contributed by atoms with Crippen LogP contribution in [0.5, 0.6) is 11.5 Å². The van der Waals surface area contributed by atoms with Gasteiger partial charge in [0, 0.05) is 18.7 Å². The minimum absolute atomic E-state index is 0.228. The van der Waals surface area contributed by atoms with E-state index in [1.165, 1.54) is 38.8 Å². The lowest BCUT2D eigenvalue weighted by molar-refractivity contribution is -0.142. The molecule has 160 valence electrons. The topological polar surface area (TPSA) is 77.1 Å². The highest BCUT2D eigenvalue weighted by Crippen LogP contribution is 2.31. The number of esters is 1. The van der Waals surface area contributed by atoms with Crippen molar-refractivity contribution in [1.82, 2.24) is 0 Å². The summed E-state index contributed by atoms with van der Waals surface area (Å²) in [5.74, 6) is -0.813. The average molecular weight is 416 g/mol. The maximum atomic E-state index is 13.9. The second kappa shape index (κ2) is 9.96. The van der Waals surface area contributed by atoms with Crippen LogP contribution in [-0.2, 0) is 9.53 Å². The van der Waals surface area contributed by atoms with Gasteiger partial charge in [-0.1, -0.05) is 0 Å². The number of nitrogens with one attached hydrogen (secondary N) is 1. The van der Waals surface area contributed by atoms with Crippen LogP contribution in [0.3, 0.4) is 0 Å². The van der Waals surface area contributed by atoms with E-state index in [2.05, 4.69) is 15.0 Å². The fraction of sp³-hybridized carbons (Fsp3) is 0.364. The number of methoxy groups -OCH3 is 2. The molecule has 1 fully saturated rings. The van der Waals surface area contributed by atoms with Gasteiger partial charge in [-0.25, -0.2) is 9.18 Å². The number of amides is 1. The zero-order chi connectivity index (χ0) is 21.5. The molecule has 0 bridgehead atoms. The van der Waals surface area contributed by atoms with Gasteiger partial charge < -0.3 is 24.4 Å². The Hall–Kier alpha value is -3.29. The molecule has 0 aliphatic carbocycles. The van der Waals surface area contributed by atoms with Crippen molar-refractivity contribution in [1.29, 1.82) is 0 Å². The minimum atomic E-state index is -0.558. The summed E-state index contributed by atoms with van der Waals surface area (Å²) >= 11 is 0. The van der Waals surface area contributed by atoms with Crippen molar-refractivity contribution in [2.75, 3.05) is 44.1 Å². The summed E-state index contributed by atoms with van der Waals surface area (Å²) in [6, 6.07) is 9.01. The minimum Gasteiger partial charge on any atom is -0.493 e. The SMILES string of the molecule is COC(=O)COc1cc(C(=O)Nc2cc(F)ccc2N2CCCCC2)ccc1OC. The van der Waals surface area contributed by atoms with Crippen molar-refractivity contribution in [3.63, 3.8) is 0 Å². The number of carbonyl (C=O) groups excluding carboxylic acids is 2. The molecule has 1 amide bonds. The van der Waals surface area contributed by atoms with E-state index in [9.17, 15) is 14.0 Å². The molecule has 0 spiro atoms. The van der Waals surface area contributed by atoms with Crippen LogP contribution in [0.1, 0.15) is 29.6 Å². The van der Waals surface area contributed by atoms with Gasteiger partial charge in [-0.05, 0) is 55.7 Å². The zero-order valence-electron chi connectivity index (χ0n) is 17.1. The highest BCUT2D eigenvalue weighted by molar-refractivity contribution is 6.06. The van der Waals surface area contributed by atoms with E-state index in [0.29, 0.717) is 11.4 Å². The van der Waals surface area contributed by atoms with Crippen LogP contribution < -0.4 is 19.7 Å². The van der Waals surface area contributed by atoms with Crippen molar-refractivity contribution in [2.24, 2.45) is 0 Å². The van der Waals surface area contributed by atoms with Crippen LogP contribution in [0.2, 0.25) is 0 Å². The third-order valence-electron chi connectivity index (χ3n) is 4.90. The molecule has 0 aromatic heterocycles. The first-order chi connectivity index (χ1) is 14.5. The Morgan fingerprint density at radius 2 is 1.80 bits per heavy atom. The van der Waals surface area contributed by atoms with Gasteiger partial charge in [0.1, 0.15) is 5.82 Å². The van der Waals surface area contributed by atoms with E-state index in [1.54, 1.807) is 18.2 Å². The first-order valence-corrected chi connectivity index (χ1v) is 9.75. The molecule has 2 aromatic rings. The molecule has 0 atom stereocenters. The molecule has 2 aromatic carbocycles. The number of nitrogens with zero attached hydrogens (tertiary/aromatic N) is 1. The van der Waals surface area contributed by atoms with Gasteiger partial charge in [0.2, 0.25) is 0 Å². The second-order valence-electron chi connectivity index (χ2n) is 6.89. The summed E-state index contributed by atoms with van der Waals surface area (Å²) in [6.45, 7) is 1.41. The molecule has 0 saturated carbocycles. The smallest absolute Gasteiger partial charge is 0.343 e. The normalized spacial score (nSPS) is 13.5. The van der Waals surface area contributed by atoms with Crippen LogP contribution in [0.4, 0.5) is 15.8 Å². The predicted octanol–water partition coefficient (Wildman–Crippen LogP) is 3.63. The van der Waals surface area contributed by atoms with E-state index >= 15 is 0 Å². The van der Waals surface area contributed by atoms with Crippen LogP contribution in [0.15, 0.2) is 36.4 Å². The second-order valence-corrected chi connectivity index (χ2v) is 6.89. The summed E-state index contributed by atoms with van der Waals surface area (Å²) < 4.78 is 29.1. The van der Waals surface area contributed by atoms with Gasteiger partial charge in [-0.15, -0.1) is 0 Å². The number of hydrogen-bond acceptors (Lipinski definition) is 6. The maximum Gasteiger partial charge on any atom is 0.343 e. The van der Waals surface area contributed by atoms with Crippen molar-refractivity contribution in [3.05, 3.63) is 47.8 Å². The largest absolute Gasteiger partial charge is 0.493 e. The van der Waals surface area contributed by atoms with Crippen LogP contribution in [0.25, 0.3) is 0 Å². The standard InChI is InChI=1S/C22H25FN2O5/c1-28-19-9-6-15(12-20(19)30-14-21(26)29-2)22(27)24-17-13-16(23)7-8-18(17)25-10-4-3-5-11-25/h6-9,12-13H,3-5,10-11,14H2,1-2H3,(H,24,27). The molecular weight excluding hydrogens is 391 g/mol. The lowest BCUT2D eigenvalue weighted by Crippen LogP contribution is -2.30. The van der Waals surface area contributed by atoms with Crippen molar-refractivity contribution < 1.29 is 28.2 Å². The van der Waals surface area contributed by atoms with Gasteiger partial charge in [0.25, 0.3) is 5.91 Å². The van der Waals surface area contributed by atoms with E-state index in [-0.39, 0.29) is 17.9 Å². The highest BCUT2D eigenvalue weighted by atomic mass is 19.1. The zero-order valence-corrected chi connectivity index (χ0v) is 17.1. The quantitative estimate of drug-likeness (QED) is 0.695. The fourth-order valence-electron chi connectivity index (χ4n) is 3.34. The van der Waals surface area contributed by atoms with Gasteiger partial charge in [-0.3, -0.25) is 4.79 Å². The van der Waals surface area contributed by atoms with Gasteiger partial charge >= 0.3 is 5.97 Å². The summed E-state index contributed by atoms with van der Waals surface area (Å²) in [6.07, 6.45) is 3.29. The summed E-state index contributed by atoms with van der Waals surface area (Å²) in [7, 11) is 2.71. The molecule has 0 unspecified atom stereocenters. The van der Waals surface area contributed by atoms with Crippen molar-refractivity contribution >= 4 is 23.3 Å². The number of piperidine rings is 1. The molecule has 7 nitrogen and oxygen atoms in total.